The first kappa shape index (κ1) is 18.7. The fourth-order valence-electron chi connectivity index (χ4n) is 4.26. The molecule has 1 saturated heterocycles. The van der Waals surface area contributed by atoms with Gasteiger partial charge >= 0.3 is 0 Å². The number of carbonyl (C=O) groups is 1. The molecule has 2 aromatic rings. The van der Waals surface area contributed by atoms with Crippen LogP contribution < -0.4 is 5.73 Å². The number of piperidine rings is 1. The number of hydrogen-bond acceptors (Lipinski definition) is 2. The van der Waals surface area contributed by atoms with E-state index < -0.39 is 0 Å². The Morgan fingerprint density at radius 1 is 1.19 bits per heavy atom. The first-order valence-electron chi connectivity index (χ1n) is 9.68. The van der Waals surface area contributed by atoms with Gasteiger partial charge in [-0.15, -0.1) is 0 Å². The predicted octanol–water partition coefficient (Wildman–Crippen LogP) is 3.91. The standard InChI is InChI=1S/C22H31N3O/c1-15-13-21(22(26)24-12-8-11-20(14-24)16(2)23)18(4)25(15)17(3)19-9-6-5-7-10-19/h5-7,9-10,13,16-17,20H,8,11-12,14,23H2,1-4H3. The Kier molecular flexibility index (Phi) is 5.52. The molecule has 1 aromatic carbocycles. The molecule has 1 aliphatic heterocycles. The minimum Gasteiger partial charge on any atom is -0.341 e. The second kappa shape index (κ2) is 7.67. The first-order chi connectivity index (χ1) is 12.4. The lowest BCUT2D eigenvalue weighted by atomic mass is 9.92. The van der Waals surface area contributed by atoms with Crippen molar-refractivity contribution in [2.75, 3.05) is 13.1 Å². The van der Waals surface area contributed by atoms with Crippen LogP contribution in [0.1, 0.15) is 60.0 Å². The van der Waals surface area contributed by atoms with E-state index in [1.807, 2.05) is 24.0 Å². The van der Waals surface area contributed by atoms with Gasteiger partial charge in [0.2, 0.25) is 0 Å². The molecule has 1 aromatic heterocycles. The van der Waals surface area contributed by atoms with Crippen LogP contribution in [-0.2, 0) is 0 Å². The molecule has 2 N–H and O–H groups in total. The number of carbonyl (C=O) groups excluding carboxylic acids is 1. The van der Waals surface area contributed by atoms with Gasteiger partial charge < -0.3 is 15.2 Å². The SMILES string of the molecule is Cc1cc(C(=O)N2CCCC(C(C)N)C2)c(C)n1C(C)c1ccccc1. The summed E-state index contributed by atoms with van der Waals surface area (Å²) in [6.45, 7) is 9.99. The summed E-state index contributed by atoms with van der Waals surface area (Å²) >= 11 is 0. The van der Waals surface area contributed by atoms with Crippen LogP contribution in [-0.4, -0.2) is 34.5 Å². The predicted molar refractivity (Wildman–Crippen MR) is 106 cm³/mol. The second-order valence-corrected chi connectivity index (χ2v) is 7.75. The van der Waals surface area contributed by atoms with Crippen molar-refractivity contribution < 1.29 is 4.79 Å². The van der Waals surface area contributed by atoms with Gasteiger partial charge in [-0.25, -0.2) is 0 Å². The molecule has 2 heterocycles. The summed E-state index contributed by atoms with van der Waals surface area (Å²) in [6.07, 6.45) is 2.16. The quantitative estimate of drug-likeness (QED) is 0.906. The van der Waals surface area contributed by atoms with E-state index in [1.165, 1.54) is 5.56 Å². The van der Waals surface area contributed by atoms with Crippen LogP contribution in [0.25, 0.3) is 0 Å². The van der Waals surface area contributed by atoms with Crippen LogP contribution in [0.2, 0.25) is 0 Å². The smallest absolute Gasteiger partial charge is 0.255 e. The minimum absolute atomic E-state index is 0.135. The lowest BCUT2D eigenvalue weighted by Gasteiger charge is -2.34. The van der Waals surface area contributed by atoms with Gasteiger partial charge in [-0.05, 0) is 58.1 Å². The van der Waals surface area contributed by atoms with Crippen LogP contribution in [0.15, 0.2) is 36.4 Å². The number of likely N-dealkylation sites (tertiary alicyclic amines) is 1. The third-order valence-electron chi connectivity index (χ3n) is 5.87. The molecule has 3 rings (SSSR count). The highest BCUT2D eigenvalue weighted by molar-refractivity contribution is 5.95. The Labute approximate surface area is 157 Å². The van der Waals surface area contributed by atoms with E-state index in [2.05, 4.69) is 49.6 Å². The summed E-state index contributed by atoms with van der Waals surface area (Å²) in [4.78, 5) is 15.2. The highest BCUT2D eigenvalue weighted by Gasteiger charge is 2.29. The zero-order valence-corrected chi connectivity index (χ0v) is 16.4. The monoisotopic (exact) mass is 353 g/mol. The van der Waals surface area contributed by atoms with Crippen molar-refractivity contribution >= 4 is 5.91 Å². The highest BCUT2D eigenvalue weighted by atomic mass is 16.2. The van der Waals surface area contributed by atoms with Gasteiger partial charge in [-0.3, -0.25) is 4.79 Å². The number of nitrogens with zero attached hydrogens (tertiary/aromatic N) is 2. The molecule has 4 heteroatoms. The summed E-state index contributed by atoms with van der Waals surface area (Å²) in [7, 11) is 0. The van der Waals surface area contributed by atoms with Gasteiger partial charge in [-0.1, -0.05) is 30.3 Å². The van der Waals surface area contributed by atoms with Crippen molar-refractivity contribution in [3.05, 3.63) is 58.9 Å². The Morgan fingerprint density at radius 2 is 1.88 bits per heavy atom. The van der Waals surface area contributed by atoms with Gasteiger partial charge in [0.15, 0.2) is 0 Å². The molecule has 140 valence electrons. The summed E-state index contributed by atoms with van der Waals surface area (Å²) in [5, 5.41) is 0. The molecule has 1 aliphatic rings. The maximum absolute atomic E-state index is 13.2. The third kappa shape index (κ3) is 3.56. The topological polar surface area (TPSA) is 51.3 Å². The minimum atomic E-state index is 0.135. The number of rotatable bonds is 4. The molecule has 26 heavy (non-hydrogen) atoms. The van der Waals surface area contributed by atoms with Crippen LogP contribution >= 0.6 is 0 Å². The van der Waals surface area contributed by atoms with Crippen molar-refractivity contribution in [1.82, 2.24) is 9.47 Å². The van der Waals surface area contributed by atoms with Crippen molar-refractivity contribution in [3.63, 3.8) is 0 Å². The summed E-state index contributed by atoms with van der Waals surface area (Å²) < 4.78 is 2.27. The summed E-state index contributed by atoms with van der Waals surface area (Å²) in [5.74, 6) is 0.550. The van der Waals surface area contributed by atoms with Crippen molar-refractivity contribution in [1.29, 1.82) is 0 Å². The average molecular weight is 354 g/mol. The molecule has 0 aliphatic carbocycles. The normalized spacial score (nSPS) is 20.0. The van der Waals surface area contributed by atoms with E-state index >= 15 is 0 Å². The number of aryl methyl sites for hydroxylation is 1. The fraction of sp³-hybridized carbons (Fsp3) is 0.500. The molecular weight excluding hydrogens is 322 g/mol. The van der Waals surface area contributed by atoms with Crippen LogP contribution in [0.4, 0.5) is 0 Å². The number of amides is 1. The average Bonchev–Trinajstić information content (AvgIpc) is 2.95. The van der Waals surface area contributed by atoms with E-state index in [1.54, 1.807) is 0 Å². The molecule has 1 fully saturated rings. The maximum atomic E-state index is 13.2. The Balaban J connectivity index is 1.86. The van der Waals surface area contributed by atoms with Crippen LogP contribution in [0.3, 0.4) is 0 Å². The van der Waals surface area contributed by atoms with Gasteiger partial charge in [0.1, 0.15) is 0 Å². The number of nitrogens with two attached hydrogens (primary N) is 1. The molecule has 1 amide bonds. The van der Waals surface area contributed by atoms with E-state index in [4.69, 9.17) is 5.73 Å². The zero-order valence-electron chi connectivity index (χ0n) is 16.4. The Morgan fingerprint density at radius 3 is 2.54 bits per heavy atom. The number of aromatic nitrogens is 1. The van der Waals surface area contributed by atoms with Crippen molar-refractivity contribution in [2.24, 2.45) is 11.7 Å². The Hall–Kier alpha value is -2.07. The van der Waals surface area contributed by atoms with Gasteiger partial charge in [-0.2, -0.15) is 0 Å². The molecule has 3 atom stereocenters. The van der Waals surface area contributed by atoms with Crippen molar-refractivity contribution in [3.8, 4) is 0 Å². The van der Waals surface area contributed by atoms with Crippen LogP contribution in [0, 0.1) is 19.8 Å². The van der Waals surface area contributed by atoms with Crippen LogP contribution in [0.5, 0.6) is 0 Å². The number of hydrogen-bond donors (Lipinski definition) is 1. The fourth-order valence-corrected chi connectivity index (χ4v) is 4.26. The highest BCUT2D eigenvalue weighted by Crippen LogP contribution is 2.27. The molecule has 0 bridgehead atoms. The number of benzene rings is 1. The lowest BCUT2D eigenvalue weighted by molar-refractivity contribution is 0.0660. The molecule has 0 saturated carbocycles. The summed E-state index contributed by atoms with van der Waals surface area (Å²) in [6, 6.07) is 12.8. The van der Waals surface area contributed by atoms with Gasteiger partial charge in [0, 0.05) is 30.5 Å². The Bertz CT molecular complexity index is 763. The van der Waals surface area contributed by atoms with E-state index in [-0.39, 0.29) is 18.0 Å². The van der Waals surface area contributed by atoms with E-state index in [0.717, 1.165) is 42.9 Å². The molecule has 4 nitrogen and oxygen atoms in total. The summed E-state index contributed by atoms with van der Waals surface area (Å²) in [5.41, 5.74) is 10.3. The van der Waals surface area contributed by atoms with Crippen molar-refractivity contribution in [2.45, 2.75) is 52.6 Å². The first-order valence-corrected chi connectivity index (χ1v) is 9.68. The maximum Gasteiger partial charge on any atom is 0.255 e. The zero-order chi connectivity index (χ0) is 18.8. The molecule has 3 unspecified atom stereocenters. The second-order valence-electron chi connectivity index (χ2n) is 7.75. The van der Waals surface area contributed by atoms with Gasteiger partial charge in [0.05, 0.1) is 11.6 Å². The molecule has 0 radical (unpaired) electrons. The largest absolute Gasteiger partial charge is 0.341 e. The third-order valence-corrected chi connectivity index (χ3v) is 5.87. The van der Waals surface area contributed by atoms with E-state index in [0.29, 0.717) is 5.92 Å². The molecular formula is C22H31N3O. The lowest BCUT2D eigenvalue weighted by Crippen LogP contribution is -2.45. The molecule has 0 spiro atoms. The van der Waals surface area contributed by atoms with Gasteiger partial charge in [0.25, 0.3) is 5.91 Å². The van der Waals surface area contributed by atoms with E-state index in [9.17, 15) is 4.79 Å².